The lowest BCUT2D eigenvalue weighted by molar-refractivity contribution is 0.487. The molecule has 2 aromatic heterocycles. The van der Waals surface area contributed by atoms with Gasteiger partial charge in [-0.25, -0.2) is 0 Å². The lowest BCUT2D eigenvalue weighted by Crippen LogP contribution is -2.59. The van der Waals surface area contributed by atoms with Gasteiger partial charge in [0.2, 0.25) is 0 Å². The number of rotatable bonds is 5. The van der Waals surface area contributed by atoms with Crippen molar-refractivity contribution in [3.05, 3.63) is 178 Å². The van der Waals surface area contributed by atoms with Crippen LogP contribution in [0.3, 0.4) is 0 Å². The first-order chi connectivity index (χ1) is 38.2. The van der Waals surface area contributed by atoms with E-state index in [1.807, 2.05) is 0 Å². The number of anilines is 3. The van der Waals surface area contributed by atoms with Crippen LogP contribution in [-0.2, 0) is 43.3 Å². The summed E-state index contributed by atoms with van der Waals surface area (Å²) in [5.74, 6) is 1.78. The summed E-state index contributed by atoms with van der Waals surface area (Å²) in [5, 5.41) is 0. The lowest BCUT2D eigenvalue weighted by atomic mass is 9.34. The number of ether oxygens (including phenoxy) is 1. The van der Waals surface area contributed by atoms with Crippen molar-refractivity contribution in [2.75, 3.05) is 4.90 Å². The number of hydrogen-bond acceptors (Lipinski definition) is 4. The summed E-state index contributed by atoms with van der Waals surface area (Å²) < 4.78 is 7.36. The van der Waals surface area contributed by atoms with E-state index in [0.717, 1.165) is 79.2 Å². The molecule has 0 fully saturated rings. The topological polar surface area (TPSA) is 38.2 Å². The van der Waals surface area contributed by atoms with Crippen LogP contribution in [0.1, 0.15) is 211 Å². The van der Waals surface area contributed by atoms with Gasteiger partial charge in [-0.15, -0.1) is 0 Å². The van der Waals surface area contributed by atoms with E-state index in [1.54, 1.807) is 0 Å². The molecule has 0 N–H and O–H groups in total. The molecule has 0 saturated heterocycles. The fraction of sp³-hybridized carbons (Fsp3) is 0.410. The van der Waals surface area contributed by atoms with Crippen molar-refractivity contribution < 1.29 is 4.74 Å². The van der Waals surface area contributed by atoms with Crippen LogP contribution in [0, 0.1) is 0 Å². The first-order valence-electron chi connectivity index (χ1n) is 30.6. The van der Waals surface area contributed by atoms with Crippen LogP contribution in [0.5, 0.6) is 11.5 Å². The molecule has 0 radical (unpaired) electrons. The summed E-state index contributed by atoms with van der Waals surface area (Å²) in [4.78, 5) is 13.5. The van der Waals surface area contributed by atoms with E-state index >= 15 is 0 Å². The van der Waals surface area contributed by atoms with Crippen molar-refractivity contribution in [2.24, 2.45) is 0 Å². The average Bonchev–Trinajstić information content (AvgIpc) is 0.879. The molecule has 2 aliphatic heterocycles. The van der Waals surface area contributed by atoms with Gasteiger partial charge >= 0.3 is 0 Å². The minimum absolute atomic E-state index is 0.0181. The van der Waals surface area contributed by atoms with E-state index in [0.29, 0.717) is 0 Å². The van der Waals surface area contributed by atoms with Gasteiger partial charge in [-0.3, -0.25) is 9.97 Å². The summed E-state index contributed by atoms with van der Waals surface area (Å²) >= 11 is 0. The highest BCUT2D eigenvalue weighted by atomic mass is 16.5. The quantitative estimate of drug-likeness (QED) is 0.161. The summed E-state index contributed by atoms with van der Waals surface area (Å²) in [6.07, 6.45) is 0. The van der Waals surface area contributed by atoms with Crippen LogP contribution in [0.2, 0.25) is 0 Å². The third kappa shape index (κ3) is 11.5. The van der Waals surface area contributed by atoms with E-state index in [9.17, 15) is 0 Å². The second-order valence-corrected chi connectivity index (χ2v) is 32.6. The van der Waals surface area contributed by atoms with Crippen LogP contribution >= 0.6 is 0 Å². The second-order valence-electron chi connectivity index (χ2n) is 32.6. The molecule has 0 unspecified atom stereocenters. The Morgan fingerprint density at radius 1 is 0.313 bits per heavy atom. The largest absolute Gasteiger partial charge is 0.458 e. The average molecular weight is 1100 g/mol. The monoisotopic (exact) mass is 1100 g/mol. The number of benzene rings is 6. The van der Waals surface area contributed by atoms with Gasteiger partial charge in [0.1, 0.15) is 11.5 Å². The fourth-order valence-corrected chi connectivity index (χ4v) is 11.8. The van der Waals surface area contributed by atoms with E-state index in [4.69, 9.17) is 14.7 Å². The first-order valence-corrected chi connectivity index (χ1v) is 30.6. The fourth-order valence-electron chi connectivity index (χ4n) is 11.8. The maximum Gasteiger partial charge on any atom is 0.256 e. The van der Waals surface area contributed by atoms with Gasteiger partial charge in [-0.05, 0) is 142 Å². The summed E-state index contributed by atoms with van der Waals surface area (Å²) in [5.41, 5.74) is 24.9. The standard InChI is InChI=1S/C78H94BN3O/c1-71(2,3)53-35-49(36-54(45-53)72(4,5)6)47-31-33-59-62(39-47)82(61-29-26-30-63-69(61)79(59)60-34-32-48(40-64(60)83-63)50-37-55(73(7,8)9)46-56(38-50)74(10,11)12)70-57(51-41-65(75(13,14)15)80-66(42-51)76(16,17)18)27-25-28-58(70)52-43-67(77(19,20)21)81-68(44-52)78(22,23)24/h25-46H,1-24H3. The molecule has 0 amide bonds. The molecule has 2 aliphatic rings. The Hall–Kier alpha value is -6.72. The summed E-state index contributed by atoms with van der Waals surface area (Å²) in [6.45, 7) is 55.2. The Labute approximate surface area is 501 Å². The van der Waals surface area contributed by atoms with Crippen molar-refractivity contribution in [2.45, 2.75) is 209 Å². The summed E-state index contributed by atoms with van der Waals surface area (Å²) in [6, 6.07) is 52.0. The minimum atomic E-state index is -0.206. The van der Waals surface area contributed by atoms with Crippen molar-refractivity contribution in [1.82, 2.24) is 9.97 Å². The highest BCUT2D eigenvalue weighted by molar-refractivity contribution is 6.99. The smallest absolute Gasteiger partial charge is 0.256 e. The number of para-hydroxylation sites is 1. The van der Waals surface area contributed by atoms with Crippen molar-refractivity contribution in [3.63, 3.8) is 0 Å². The van der Waals surface area contributed by atoms with E-state index < -0.39 is 0 Å². The van der Waals surface area contributed by atoms with Gasteiger partial charge < -0.3 is 9.64 Å². The predicted molar refractivity (Wildman–Crippen MR) is 359 cm³/mol. The van der Waals surface area contributed by atoms with Crippen LogP contribution in [0.25, 0.3) is 44.5 Å². The van der Waals surface area contributed by atoms with Crippen molar-refractivity contribution in [1.29, 1.82) is 0 Å². The molecule has 8 aromatic rings. The number of pyridine rings is 2. The highest BCUT2D eigenvalue weighted by Crippen LogP contribution is 2.51. The minimum Gasteiger partial charge on any atom is -0.458 e. The highest BCUT2D eigenvalue weighted by Gasteiger charge is 2.43. The second kappa shape index (κ2) is 20.0. The molecule has 0 atom stereocenters. The molecule has 4 heterocycles. The van der Waals surface area contributed by atoms with Gasteiger partial charge in [0, 0.05) is 66.9 Å². The maximum absolute atomic E-state index is 7.36. The van der Waals surface area contributed by atoms with E-state index in [2.05, 4.69) is 305 Å². The molecule has 83 heavy (non-hydrogen) atoms. The molecule has 0 saturated carbocycles. The van der Waals surface area contributed by atoms with Crippen LogP contribution in [0.4, 0.5) is 17.1 Å². The summed E-state index contributed by atoms with van der Waals surface area (Å²) in [7, 11) is 0. The van der Waals surface area contributed by atoms with Gasteiger partial charge in [-0.1, -0.05) is 251 Å². The molecule has 0 bridgehead atoms. The van der Waals surface area contributed by atoms with Crippen molar-refractivity contribution in [3.8, 4) is 56.0 Å². The lowest BCUT2D eigenvalue weighted by Gasteiger charge is -2.42. The molecule has 10 rings (SSSR count). The van der Waals surface area contributed by atoms with Crippen molar-refractivity contribution >= 4 is 40.2 Å². The Bertz CT molecular complexity index is 3630. The molecule has 4 nitrogen and oxygen atoms in total. The third-order valence-corrected chi connectivity index (χ3v) is 17.3. The number of fused-ring (bicyclic) bond motifs is 4. The maximum atomic E-state index is 7.36. The Morgan fingerprint density at radius 2 is 0.687 bits per heavy atom. The number of nitrogens with zero attached hydrogens (tertiary/aromatic N) is 3. The Morgan fingerprint density at radius 3 is 1.07 bits per heavy atom. The number of aromatic nitrogens is 2. The zero-order chi connectivity index (χ0) is 60.7. The normalized spacial score (nSPS) is 14.1. The Balaban J connectivity index is 1.33. The Kier molecular flexibility index (Phi) is 14.3. The molecule has 430 valence electrons. The first kappa shape index (κ1) is 59.4. The van der Waals surface area contributed by atoms with E-state index in [-0.39, 0.29) is 50.0 Å². The third-order valence-electron chi connectivity index (χ3n) is 17.3. The number of hydrogen-bond donors (Lipinski definition) is 0. The SMILES string of the molecule is CC(C)(C)c1cc(-c2ccc3c(c2)Oc2cccc4c2B3c2ccc(-c3cc(C(C)(C)C)cc(C(C)(C)C)c3)cc2N4c2c(-c3cc(C(C)(C)C)nc(C(C)(C)C)c3)cccc2-c2cc(C(C)(C)C)nc(C(C)(C)C)c2)cc(C(C)(C)C)c1. The van der Waals surface area contributed by atoms with Crippen LogP contribution in [0.15, 0.2) is 133 Å². The molecule has 6 aromatic carbocycles. The molecular weight excluding hydrogens is 1010 g/mol. The van der Waals surface area contributed by atoms with Gasteiger partial charge in [0.15, 0.2) is 0 Å². The van der Waals surface area contributed by atoms with Gasteiger partial charge in [0.25, 0.3) is 6.71 Å². The molecule has 0 aliphatic carbocycles. The van der Waals surface area contributed by atoms with Crippen LogP contribution < -0.4 is 26.0 Å². The molecule has 5 heteroatoms. The molecular formula is C78H94BN3O. The van der Waals surface area contributed by atoms with Crippen LogP contribution in [-0.4, -0.2) is 16.7 Å². The predicted octanol–water partition coefficient (Wildman–Crippen LogP) is 19.9. The molecule has 0 spiro atoms. The van der Waals surface area contributed by atoms with E-state index in [1.165, 1.54) is 55.3 Å². The zero-order valence-corrected chi connectivity index (χ0v) is 55.0. The van der Waals surface area contributed by atoms with Gasteiger partial charge in [-0.2, -0.15) is 0 Å². The van der Waals surface area contributed by atoms with Gasteiger partial charge in [0.05, 0.1) is 5.69 Å². The zero-order valence-electron chi connectivity index (χ0n) is 55.0.